The summed E-state index contributed by atoms with van der Waals surface area (Å²) in [5, 5.41) is 0.613. The van der Waals surface area contributed by atoms with E-state index in [9.17, 15) is 9.59 Å². The maximum Gasteiger partial charge on any atom is 0.399 e. The number of fused-ring (bicyclic) bond motifs is 3. The van der Waals surface area contributed by atoms with Gasteiger partial charge in [0.05, 0.1) is 12.9 Å². The molecule has 0 spiro atoms. The first-order valence-corrected chi connectivity index (χ1v) is 6.71. The minimum atomic E-state index is -0.955. The molecule has 0 radical (unpaired) electrons. The van der Waals surface area contributed by atoms with E-state index in [1.807, 2.05) is 6.92 Å². The Bertz CT molecular complexity index is 565. The molecule has 0 saturated carbocycles. The van der Waals surface area contributed by atoms with Crippen LogP contribution in [0, 0.1) is 0 Å². The number of hydrogen-bond acceptors (Lipinski definition) is 7. The van der Waals surface area contributed by atoms with Gasteiger partial charge in [0, 0.05) is 6.42 Å². The number of esters is 1. The molecule has 1 aromatic rings. The van der Waals surface area contributed by atoms with Crippen LogP contribution < -0.4 is 9.64 Å². The van der Waals surface area contributed by atoms with Crippen LogP contribution in [0.3, 0.4) is 0 Å². The van der Waals surface area contributed by atoms with Crippen molar-refractivity contribution in [3.63, 3.8) is 0 Å². The van der Waals surface area contributed by atoms with Gasteiger partial charge in [-0.15, -0.1) is 0 Å². The zero-order valence-corrected chi connectivity index (χ0v) is 11.2. The number of hydrogen-bond donors (Lipinski definition) is 0. The normalized spacial score (nSPS) is 24.8. The molecule has 0 N–H and O–H groups in total. The molecule has 3 rings (SSSR count). The van der Waals surface area contributed by atoms with Crippen molar-refractivity contribution in [2.45, 2.75) is 24.1 Å². The zero-order chi connectivity index (χ0) is 13.6. The average Bonchev–Trinajstić information content (AvgIpc) is 2.70. The largest absolute Gasteiger partial charge is 0.479 e. The van der Waals surface area contributed by atoms with Gasteiger partial charge < -0.3 is 9.47 Å². The summed E-state index contributed by atoms with van der Waals surface area (Å²) in [5.74, 6) is -0.826. The van der Waals surface area contributed by atoms with Gasteiger partial charge >= 0.3 is 11.9 Å². The Morgan fingerprint density at radius 1 is 1.53 bits per heavy atom. The zero-order valence-electron chi connectivity index (χ0n) is 10.4. The van der Waals surface area contributed by atoms with Crippen molar-refractivity contribution in [3.8, 4) is 5.88 Å². The van der Waals surface area contributed by atoms with Crippen molar-refractivity contribution in [2.24, 2.45) is 0 Å². The number of amides is 1. The van der Waals surface area contributed by atoms with E-state index >= 15 is 0 Å². The van der Waals surface area contributed by atoms with Crippen molar-refractivity contribution in [2.75, 3.05) is 17.8 Å². The number of methoxy groups -OCH3 is 1. The second-order valence-electron chi connectivity index (χ2n) is 4.16. The van der Waals surface area contributed by atoms with Gasteiger partial charge in [0.25, 0.3) is 0 Å². The Morgan fingerprint density at radius 2 is 2.32 bits per heavy atom. The number of aromatic nitrogens is 2. The van der Waals surface area contributed by atoms with E-state index in [2.05, 4.69) is 9.97 Å². The lowest BCUT2D eigenvalue weighted by molar-refractivity contribution is -0.152. The Labute approximate surface area is 113 Å². The van der Waals surface area contributed by atoms with Crippen LogP contribution in [0.5, 0.6) is 5.88 Å². The number of nitrogens with zero attached hydrogens (tertiary/aromatic N) is 3. The third kappa shape index (κ3) is 1.52. The molecule has 0 unspecified atom stereocenters. The van der Waals surface area contributed by atoms with Gasteiger partial charge in [0.2, 0.25) is 11.6 Å². The highest BCUT2D eigenvalue weighted by Gasteiger charge is 2.56. The monoisotopic (exact) mass is 281 g/mol. The number of anilines is 1. The molecule has 0 bridgehead atoms. The molecule has 2 aliphatic heterocycles. The summed E-state index contributed by atoms with van der Waals surface area (Å²) in [6, 6.07) is 0. The fraction of sp³-hybridized carbons (Fsp3) is 0.455. The summed E-state index contributed by atoms with van der Waals surface area (Å²) in [4.78, 5) is 33.1. The van der Waals surface area contributed by atoms with E-state index in [4.69, 9.17) is 9.47 Å². The molecule has 100 valence electrons. The van der Waals surface area contributed by atoms with E-state index in [1.165, 1.54) is 30.1 Å². The highest BCUT2D eigenvalue weighted by atomic mass is 32.2. The first-order chi connectivity index (χ1) is 9.13. The van der Waals surface area contributed by atoms with Gasteiger partial charge in [0.1, 0.15) is 17.0 Å². The Morgan fingerprint density at radius 3 is 3.00 bits per heavy atom. The molecular formula is C11H11N3O4S. The average molecular weight is 281 g/mol. The third-order valence-electron chi connectivity index (χ3n) is 3.23. The minimum absolute atomic E-state index is 0.265. The molecule has 7 nitrogen and oxygen atoms in total. The first kappa shape index (κ1) is 12.2. The molecule has 1 atom stereocenters. The molecule has 3 heterocycles. The van der Waals surface area contributed by atoms with Crippen LogP contribution in [0.2, 0.25) is 0 Å². The van der Waals surface area contributed by atoms with Crippen molar-refractivity contribution in [3.05, 3.63) is 6.33 Å². The Kier molecular flexibility index (Phi) is 2.63. The lowest BCUT2D eigenvalue weighted by Crippen LogP contribution is -2.51. The standard InChI is InChI=1S/C11H11N3O4S/c1-3-11-4-19-8-6(7(17-2)12-5-13-8)14(11)9(15)10(16)18-11/h5H,3-4H2,1-2H3/t11-/m0/s1. The molecule has 1 aromatic heterocycles. The number of carbonyl (C=O) groups excluding carboxylic acids is 2. The van der Waals surface area contributed by atoms with Crippen LogP contribution in [0.1, 0.15) is 13.3 Å². The SMILES string of the molecule is CC[C@]12CSc3ncnc(OC)c3N1C(=O)C(=O)O2. The van der Waals surface area contributed by atoms with Gasteiger partial charge in [-0.05, 0) is 0 Å². The summed E-state index contributed by atoms with van der Waals surface area (Å²) in [7, 11) is 1.46. The van der Waals surface area contributed by atoms with Gasteiger partial charge in [0.15, 0.2) is 0 Å². The molecule has 1 amide bonds. The molecule has 0 aromatic carbocycles. The first-order valence-electron chi connectivity index (χ1n) is 5.72. The maximum atomic E-state index is 12.1. The Hall–Kier alpha value is -1.83. The molecule has 2 aliphatic rings. The highest BCUT2D eigenvalue weighted by molar-refractivity contribution is 7.99. The van der Waals surface area contributed by atoms with Crippen LogP contribution in [0.25, 0.3) is 0 Å². The fourth-order valence-corrected chi connectivity index (χ4v) is 3.44. The van der Waals surface area contributed by atoms with E-state index < -0.39 is 17.6 Å². The smallest absolute Gasteiger partial charge is 0.399 e. The fourth-order valence-electron chi connectivity index (χ4n) is 2.24. The summed E-state index contributed by atoms with van der Waals surface area (Å²) in [6.07, 6.45) is 1.86. The topological polar surface area (TPSA) is 81.6 Å². The molecule has 8 heteroatoms. The van der Waals surface area contributed by atoms with Crippen LogP contribution >= 0.6 is 11.8 Å². The van der Waals surface area contributed by atoms with Crippen molar-refractivity contribution in [1.29, 1.82) is 0 Å². The van der Waals surface area contributed by atoms with Gasteiger partial charge in [-0.1, -0.05) is 18.7 Å². The van der Waals surface area contributed by atoms with Crippen LogP contribution in [0.4, 0.5) is 5.69 Å². The van der Waals surface area contributed by atoms with Gasteiger partial charge in [-0.25, -0.2) is 9.78 Å². The van der Waals surface area contributed by atoms with Crippen molar-refractivity contribution in [1.82, 2.24) is 9.97 Å². The highest BCUT2D eigenvalue weighted by Crippen LogP contribution is 2.48. The predicted octanol–water partition coefficient (Wildman–Crippen LogP) is 0.587. The predicted molar refractivity (Wildman–Crippen MR) is 65.9 cm³/mol. The van der Waals surface area contributed by atoms with E-state index in [-0.39, 0.29) is 5.88 Å². The van der Waals surface area contributed by atoms with Gasteiger partial charge in [-0.2, -0.15) is 4.98 Å². The van der Waals surface area contributed by atoms with Crippen LogP contribution in [-0.2, 0) is 14.3 Å². The quantitative estimate of drug-likeness (QED) is 0.445. The third-order valence-corrected chi connectivity index (χ3v) is 4.39. The lowest BCUT2D eigenvalue weighted by atomic mass is 10.1. The maximum absolute atomic E-state index is 12.1. The molecule has 1 fully saturated rings. The molecule has 19 heavy (non-hydrogen) atoms. The molecular weight excluding hydrogens is 270 g/mol. The summed E-state index contributed by atoms with van der Waals surface area (Å²) < 4.78 is 10.4. The van der Waals surface area contributed by atoms with E-state index in [0.717, 1.165) is 0 Å². The number of carbonyl (C=O) groups is 2. The second-order valence-corrected chi connectivity index (χ2v) is 5.12. The number of thioether (sulfide) groups is 1. The summed E-state index contributed by atoms with van der Waals surface area (Å²) in [5.41, 5.74) is -0.539. The van der Waals surface area contributed by atoms with Crippen molar-refractivity contribution < 1.29 is 19.1 Å². The van der Waals surface area contributed by atoms with Crippen LogP contribution in [-0.4, -0.2) is 40.4 Å². The Balaban J connectivity index is 2.22. The van der Waals surface area contributed by atoms with E-state index in [1.54, 1.807) is 0 Å². The molecule has 0 aliphatic carbocycles. The second kappa shape index (κ2) is 4.09. The summed E-state index contributed by atoms with van der Waals surface area (Å²) >= 11 is 1.42. The van der Waals surface area contributed by atoms with E-state index in [0.29, 0.717) is 22.9 Å². The minimum Gasteiger partial charge on any atom is -0.479 e. The lowest BCUT2D eigenvalue weighted by Gasteiger charge is -2.38. The summed E-state index contributed by atoms with van der Waals surface area (Å²) in [6.45, 7) is 1.86. The van der Waals surface area contributed by atoms with Gasteiger partial charge in [-0.3, -0.25) is 9.69 Å². The van der Waals surface area contributed by atoms with Crippen molar-refractivity contribution >= 4 is 29.3 Å². The number of rotatable bonds is 2. The van der Waals surface area contributed by atoms with Crippen LogP contribution in [0.15, 0.2) is 11.4 Å². The molecule has 1 saturated heterocycles. The number of ether oxygens (including phenoxy) is 2.